The number of rotatable bonds is 8. The van der Waals surface area contributed by atoms with Crippen LogP contribution in [0.5, 0.6) is 0 Å². The Labute approximate surface area is 87.1 Å². The third kappa shape index (κ3) is 5.54. The Morgan fingerprint density at radius 2 is 1.64 bits per heavy atom. The predicted octanol–water partition coefficient (Wildman–Crippen LogP) is 1.26. The summed E-state index contributed by atoms with van der Waals surface area (Å²) in [6.07, 6.45) is 0.707. The van der Waals surface area contributed by atoms with Gasteiger partial charge in [0.05, 0.1) is 6.04 Å². The van der Waals surface area contributed by atoms with Crippen LogP contribution in [-0.4, -0.2) is 25.5 Å². The largest absolute Gasteiger partial charge is 0.351 e. The zero-order valence-electron chi connectivity index (χ0n) is 9.75. The molecule has 4 heteroatoms. The van der Waals surface area contributed by atoms with Gasteiger partial charge in [-0.25, -0.2) is 0 Å². The van der Waals surface area contributed by atoms with Gasteiger partial charge in [-0.15, -0.1) is 0 Å². The van der Waals surface area contributed by atoms with Gasteiger partial charge in [-0.1, -0.05) is 13.8 Å². The van der Waals surface area contributed by atoms with Crippen LogP contribution in [0.15, 0.2) is 0 Å². The minimum absolute atomic E-state index is 0.0647. The summed E-state index contributed by atoms with van der Waals surface area (Å²) in [4.78, 5) is 0. The van der Waals surface area contributed by atoms with Gasteiger partial charge in [-0.2, -0.15) is 0 Å². The number of ether oxygens (including phenoxy) is 2. The Hall–Kier alpha value is -0.160. The monoisotopic (exact) mass is 204 g/mol. The van der Waals surface area contributed by atoms with Crippen LogP contribution in [0.3, 0.4) is 0 Å². The molecule has 0 aromatic heterocycles. The first-order valence-corrected chi connectivity index (χ1v) is 5.34. The molecule has 0 heterocycles. The number of hydrazine groups is 1. The first kappa shape index (κ1) is 13.8. The van der Waals surface area contributed by atoms with E-state index in [1.807, 2.05) is 13.8 Å². The molecular weight excluding hydrogens is 180 g/mol. The van der Waals surface area contributed by atoms with Crippen LogP contribution in [0, 0.1) is 5.92 Å². The average molecular weight is 204 g/mol. The molecule has 0 fully saturated rings. The third-order valence-corrected chi connectivity index (χ3v) is 1.93. The van der Waals surface area contributed by atoms with Gasteiger partial charge in [0, 0.05) is 13.2 Å². The molecule has 86 valence electrons. The van der Waals surface area contributed by atoms with Crippen LogP contribution >= 0.6 is 0 Å². The van der Waals surface area contributed by atoms with E-state index in [1.165, 1.54) is 0 Å². The molecule has 1 atom stereocenters. The zero-order chi connectivity index (χ0) is 11.0. The molecule has 3 N–H and O–H groups in total. The highest BCUT2D eigenvalue weighted by Crippen LogP contribution is 2.11. The summed E-state index contributed by atoms with van der Waals surface area (Å²) in [5, 5.41) is 0. The van der Waals surface area contributed by atoms with Crippen LogP contribution < -0.4 is 11.3 Å². The van der Waals surface area contributed by atoms with Crippen molar-refractivity contribution in [1.82, 2.24) is 5.43 Å². The highest BCUT2D eigenvalue weighted by molar-refractivity contribution is 4.69. The van der Waals surface area contributed by atoms with Crippen molar-refractivity contribution in [2.45, 2.75) is 46.4 Å². The SMILES string of the molecule is CCOC(OCC)C(CC(C)C)NN. The van der Waals surface area contributed by atoms with Gasteiger partial charge < -0.3 is 9.47 Å². The number of nitrogens with two attached hydrogens (primary N) is 1. The minimum atomic E-state index is -0.239. The Balaban J connectivity index is 4.10. The first-order chi connectivity index (χ1) is 6.65. The molecule has 0 aromatic rings. The summed E-state index contributed by atoms with van der Waals surface area (Å²) in [6, 6.07) is 0.0647. The highest BCUT2D eigenvalue weighted by atomic mass is 16.7. The summed E-state index contributed by atoms with van der Waals surface area (Å²) in [5.74, 6) is 6.04. The third-order valence-electron chi connectivity index (χ3n) is 1.93. The Kier molecular flexibility index (Phi) is 8.08. The van der Waals surface area contributed by atoms with Gasteiger partial charge in [0.2, 0.25) is 0 Å². The summed E-state index contributed by atoms with van der Waals surface area (Å²) in [5.41, 5.74) is 2.75. The second kappa shape index (κ2) is 8.17. The summed E-state index contributed by atoms with van der Waals surface area (Å²) >= 11 is 0. The van der Waals surface area contributed by atoms with Gasteiger partial charge in [0.15, 0.2) is 6.29 Å². The highest BCUT2D eigenvalue weighted by Gasteiger charge is 2.21. The molecule has 0 amide bonds. The van der Waals surface area contributed by atoms with Crippen LogP contribution in [0.25, 0.3) is 0 Å². The van der Waals surface area contributed by atoms with Crippen molar-refractivity contribution in [3.8, 4) is 0 Å². The standard InChI is InChI=1S/C10H24N2O2/c1-5-13-10(14-6-2)9(12-11)7-8(3)4/h8-10,12H,5-7,11H2,1-4H3. The number of nitrogens with one attached hydrogen (secondary N) is 1. The zero-order valence-corrected chi connectivity index (χ0v) is 9.75. The van der Waals surface area contributed by atoms with Crippen molar-refractivity contribution in [1.29, 1.82) is 0 Å². The second-order valence-corrected chi connectivity index (χ2v) is 3.68. The van der Waals surface area contributed by atoms with Crippen LogP contribution in [-0.2, 0) is 9.47 Å². The smallest absolute Gasteiger partial charge is 0.173 e. The van der Waals surface area contributed by atoms with E-state index in [4.69, 9.17) is 15.3 Å². The van der Waals surface area contributed by atoms with Gasteiger partial charge >= 0.3 is 0 Å². The molecule has 0 saturated carbocycles. The first-order valence-electron chi connectivity index (χ1n) is 5.34. The lowest BCUT2D eigenvalue weighted by molar-refractivity contribution is -0.156. The summed E-state index contributed by atoms with van der Waals surface area (Å²) < 4.78 is 10.9. The fourth-order valence-electron chi connectivity index (χ4n) is 1.37. The normalized spacial score (nSPS) is 13.9. The fourth-order valence-corrected chi connectivity index (χ4v) is 1.37. The van der Waals surface area contributed by atoms with Gasteiger partial charge in [-0.3, -0.25) is 11.3 Å². The lowest BCUT2D eigenvalue weighted by atomic mass is 10.0. The van der Waals surface area contributed by atoms with Gasteiger partial charge in [0.25, 0.3) is 0 Å². The quantitative estimate of drug-likeness (QED) is 0.355. The molecule has 1 unspecified atom stereocenters. The molecule has 0 aliphatic carbocycles. The van der Waals surface area contributed by atoms with E-state index in [9.17, 15) is 0 Å². The van der Waals surface area contributed by atoms with E-state index < -0.39 is 0 Å². The van der Waals surface area contributed by atoms with E-state index in [0.29, 0.717) is 19.1 Å². The number of hydrogen-bond acceptors (Lipinski definition) is 4. The van der Waals surface area contributed by atoms with Crippen molar-refractivity contribution in [2.75, 3.05) is 13.2 Å². The molecule has 0 radical (unpaired) electrons. The molecular formula is C10H24N2O2. The molecule has 0 rings (SSSR count). The lowest BCUT2D eigenvalue weighted by Gasteiger charge is -2.27. The van der Waals surface area contributed by atoms with E-state index in [1.54, 1.807) is 0 Å². The maximum absolute atomic E-state index is 5.47. The molecule has 0 aliphatic rings. The molecule has 4 nitrogen and oxygen atoms in total. The Bertz CT molecular complexity index is 125. The molecule has 0 saturated heterocycles. The predicted molar refractivity (Wildman–Crippen MR) is 57.6 cm³/mol. The summed E-state index contributed by atoms with van der Waals surface area (Å²) in [7, 11) is 0. The van der Waals surface area contributed by atoms with Gasteiger partial charge in [-0.05, 0) is 26.2 Å². The molecule has 0 bridgehead atoms. The van der Waals surface area contributed by atoms with E-state index in [2.05, 4.69) is 19.3 Å². The topological polar surface area (TPSA) is 56.5 Å². The maximum atomic E-state index is 5.47. The average Bonchev–Trinajstić information content (AvgIpc) is 2.13. The van der Waals surface area contributed by atoms with Crippen LogP contribution in [0.2, 0.25) is 0 Å². The van der Waals surface area contributed by atoms with Crippen LogP contribution in [0.4, 0.5) is 0 Å². The van der Waals surface area contributed by atoms with Crippen molar-refractivity contribution in [3.05, 3.63) is 0 Å². The van der Waals surface area contributed by atoms with Crippen molar-refractivity contribution >= 4 is 0 Å². The van der Waals surface area contributed by atoms with Crippen molar-refractivity contribution in [2.24, 2.45) is 11.8 Å². The van der Waals surface area contributed by atoms with Gasteiger partial charge in [0.1, 0.15) is 0 Å². The van der Waals surface area contributed by atoms with E-state index >= 15 is 0 Å². The Morgan fingerprint density at radius 1 is 1.14 bits per heavy atom. The van der Waals surface area contributed by atoms with Crippen molar-refractivity contribution in [3.63, 3.8) is 0 Å². The Morgan fingerprint density at radius 3 is 1.93 bits per heavy atom. The molecule has 0 aliphatic heterocycles. The molecule has 0 aromatic carbocycles. The van der Waals surface area contributed by atoms with Crippen LogP contribution in [0.1, 0.15) is 34.1 Å². The van der Waals surface area contributed by atoms with Crippen molar-refractivity contribution < 1.29 is 9.47 Å². The molecule has 14 heavy (non-hydrogen) atoms. The van der Waals surface area contributed by atoms with E-state index in [0.717, 1.165) is 6.42 Å². The minimum Gasteiger partial charge on any atom is -0.351 e. The van der Waals surface area contributed by atoms with E-state index in [-0.39, 0.29) is 12.3 Å². The second-order valence-electron chi connectivity index (χ2n) is 3.68. The fraction of sp³-hybridized carbons (Fsp3) is 1.00. The summed E-state index contributed by atoms with van der Waals surface area (Å²) in [6.45, 7) is 9.49. The maximum Gasteiger partial charge on any atom is 0.173 e. The molecule has 0 spiro atoms. The lowest BCUT2D eigenvalue weighted by Crippen LogP contribution is -2.47. The number of hydrogen-bond donors (Lipinski definition) is 2.